The zero-order valence-electron chi connectivity index (χ0n) is 22.2. The Kier molecular flexibility index (Phi) is 15.8. The first-order chi connectivity index (χ1) is 17.2. The minimum atomic E-state index is -0.369. The summed E-state index contributed by atoms with van der Waals surface area (Å²) in [5, 5.41) is 0. The molecule has 2 aromatic rings. The van der Waals surface area contributed by atoms with Gasteiger partial charge in [0.25, 0.3) is 0 Å². The average molecular weight is 487 g/mol. The van der Waals surface area contributed by atoms with Gasteiger partial charge in [-0.05, 0) is 25.0 Å². The van der Waals surface area contributed by atoms with Crippen LogP contribution in [0.3, 0.4) is 0 Å². The van der Waals surface area contributed by atoms with E-state index in [1.807, 2.05) is 0 Å². The van der Waals surface area contributed by atoms with Crippen molar-refractivity contribution in [2.24, 2.45) is 0 Å². The molecule has 0 bridgehead atoms. The third kappa shape index (κ3) is 12.9. The zero-order chi connectivity index (χ0) is 25.0. The quantitative estimate of drug-likeness (QED) is 0.165. The largest absolute Gasteiger partial charge is 0.493 e. The Morgan fingerprint density at radius 2 is 1.06 bits per heavy atom. The highest BCUT2D eigenvalue weighted by Crippen LogP contribution is 2.24. The number of rotatable bonds is 21. The number of hydrogen-bond donors (Lipinski definition) is 0. The molecule has 0 N–H and O–H groups in total. The lowest BCUT2D eigenvalue weighted by Crippen LogP contribution is -2.00. The summed E-state index contributed by atoms with van der Waals surface area (Å²) in [6.07, 6.45) is 23.4. The number of halogens is 1. The second kappa shape index (κ2) is 19.1. The van der Waals surface area contributed by atoms with Gasteiger partial charge in [-0.3, -0.25) is 0 Å². The predicted molar refractivity (Wildman–Crippen MR) is 144 cm³/mol. The molecule has 0 aliphatic carbocycles. The minimum Gasteiger partial charge on any atom is -0.493 e. The van der Waals surface area contributed by atoms with Crippen LogP contribution in [0.2, 0.25) is 0 Å². The smallest absolute Gasteiger partial charge is 0.162 e. The third-order valence-corrected chi connectivity index (χ3v) is 6.34. The average Bonchev–Trinajstić information content (AvgIpc) is 2.87. The lowest BCUT2D eigenvalue weighted by Gasteiger charge is -2.09. The summed E-state index contributed by atoms with van der Waals surface area (Å²) in [6, 6.07) is 4.91. The number of ether oxygens (including phenoxy) is 2. The lowest BCUT2D eigenvalue weighted by molar-refractivity contribution is 0.302. The highest BCUT2D eigenvalue weighted by atomic mass is 19.1. The number of nitrogens with zero attached hydrogens (tertiary/aromatic N) is 2. The van der Waals surface area contributed by atoms with Crippen LogP contribution in [0.25, 0.3) is 11.4 Å². The SMILES string of the molecule is CCCCCCCCCCOc1cnc(-c2ccc(OCCCCCCCCCC)cc2F)nc1. The van der Waals surface area contributed by atoms with Crippen LogP contribution in [-0.4, -0.2) is 23.2 Å². The third-order valence-electron chi connectivity index (χ3n) is 6.34. The van der Waals surface area contributed by atoms with E-state index in [-0.39, 0.29) is 5.82 Å². The maximum absolute atomic E-state index is 14.6. The van der Waals surface area contributed by atoms with Crippen LogP contribution in [0, 0.1) is 5.82 Å². The fraction of sp³-hybridized carbons (Fsp3) is 0.667. The second-order valence-corrected chi connectivity index (χ2v) is 9.53. The number of unbranched alkanes of at least 4 members (excludes halogenated alkanes) is 14. The molecule has 0 amide bonds. The zero-order valence-corrected chi connectivity index (χ0v) is 22.2. The van der Waals surface area contributed by atoms with E-state index < -0.39 is 0 Å². The first kappa shape index (κ1) is 29.1. The van der Waals surface area contributed by atoms with Gasteiger partial charge in [0.2, 0.25) is 0 Å². The first-order valence-electron chi connectivity index (χ1n) is 14.1. The number of benzene rings is 1. The second-order valence-electron chi connectivity index (χ2n) is 9.53. The Bertz CT molecular complexity index is 782. The van der Waals surface area contributed by atoms with Crippen LogP contribution in [0.1, 0.15) is 117 Å². The van der Waals surface area contributed by atoms with Crippen LogP contribution in [-0.2, 0) is 0 Å². The molecule has 35 heavy (non-hydrogen) atoms. The monoisotopic (exact) mass is 486 g/mol. The molecule has 196 valence electrons. The van der Waals surface area contributed by atoms with Gasteiger partial charge in [0.05, 0.1) is 31.2 Å². The summed E-state index contributed by atoms with van der Waals surface area (Å²) in [4.78, 5) is 8.60. The predicted octanol–water partition coefficient (Wildman–Crippen LogP) is 9.32. The van der Waals surface area contributed by atoms with Crippen molar-refractivity contribution < 1.29 is 13.9 Å². The molecule has 1 aromatic heterocycles. The van der Waals surface area contributed by atoms with Crippen molar-refractivity contribution in [1.82, 2.24) is 9.97 Å². The van der Waals surface area contributed by atoms with Crippen molar-refractivity contribution >= 4 is 0 Å². The summed E-state index contributed by atoms with van der Waals surface area (Å²) in [6.45, 7) is 5.77. The summed E-state index contributed by atoms with van der Waals surface area (Å²) >= 11 is 0. The van der Waals surface area contributed by atoms with Gasteiger partial charge in [-0.1, -0.05) is 104 Å². The highest BCUT2D eigenvalue weighted by Gasteiger charge is 2.10. The van der Waals surface area contributed by atoms with Crippen LogP contribution < -0.4 is 9.47 Å². The van der Waals surface area contributed by atoms with E-state index in [0.29, 0.717) is 36.1 Å². The molecular weight excluding hydrogens is 439 g/mol. The first-order valence-corrected chi connectivity index (χ1v) is 14.1. The molecule has 0 spiro atoms. The van der Waals surface area contributed by atoms with Gasteiger partial charge in [-0.2, -0.15) is 0 Å². The van der Waals surface area contributed by atoms with Crippen molar-refractivity contribution in [2.75, 3.05) is 13.2 Å². The van der Waals surface area contributed by atoms with E-state index in [0.717, 1.165) is 19.3 Å². The summed E-state index contributed by atoms with van der Waals surface area (Å²) in [5.41, 5.74) is 0.374. The Balaban J connectivity index is 1.63. The van der Waals surface area contributed by atoms with E-state index in [1.165, 1.54) is 89.5 Å². The van der Waals surface area contributed by atoms with Crippen molar-refractivity contribution in [3.8, 4) is 22.9 Å². The van der Waals surface area contributed by atoms with Crippen molar-refractivity contribution in [2.45, 2.75) is 117 Å². The highest BCUT2D eigenvalue weighted by molar-refractivity contribution is 5.57. The van der Waals surface area contributed by atoms with Crippen LogP contribution in [0.4, 0.5) is 4.39 Å². The molecule has 0 radical (unpaired) electrons. The van der Waals surface area contributed by atoms with E-state index >= 15 is 0 Å². The molecule has 0 fully saturated rings. The van der Waals surface area contributed by atoms with E-state index in [2.05, 4.69) is 23.8 Å². The molecule has 0 aliphatic rings. The van der Waals surface area contributed by atoms with Crippen LogP contribution in [0.5, 0.6) is 11.5 Å². The molecule has 2 rings (SSSR count). The van der Waals surface area contributed by atoms with E-state index in [1.54, 1.807) is 24.5 Å². The maximum atomic E-state index is 14.6. The standard InChI is InChI=1S/C30H47FN2O2/c1-3-5-7-9-11-13-15-17-21-34-26-19-20-28(29(31)23-26)30-32-24-27(25-33-30)35-22-18-16-14-12-10-8-6-4-2/h19-20,23-25H,3-18,21-22H2,1-2H3. The van der Waals surface area contributed by atoms with E-state index in [4.69, 9.17) is 9.47 Å². The van der Waals surface area contributed by atoms with Crippen LogP contribution >= 0.6 is 0 Å². The van der Waals surface area contributed by atoms with Gasteiger partial charge < -0.3 is 9.47 Å². The number of aromatic nitrogens is 2. The number of hydrogen-bond acceptors (Lipinski definition) is 4. The van der Waals surface area contributed by atoms with Crippen molar-refractivity contribution in [1.29, 1.82) is 0 Å². The van der Waals surface area contributed by atoms with E-state index in [9.17, 15) is 4.39 Å². The summed E-state index contributed by atoms with van der Waals surface area (Å²) < 4.78 is 26.1. The topological polar surface area (TPSA) is 44.2 Å². The molecule has 1 aromatic carbocycles. The molecule has 0 saturated heterocycles. The molecule has 0 saturated carbocycles. The summed E-state index contributed by atoms with van der Waals surface area (Å²) in [7, 11) is 0. The van der Waals surface area contributed by atoms with Gasteiger partial charge in [-0.15, -0.1) is 0 Å². The Morgan fingerprint density at radius 3 is 1.54 bits per heavy atom. The van der Waals surface area contributed by atoms with Gasteiger partial charge in [0.15, 0.2) is 11.6 Å². The summed E-state index contributed by atoms with van der Waals surface area (Å²) in [5.74, 6) is 1.17. The molecular formula is C30H47FN2O2. The Hall–Kier alpha value is -2.17. The molecule has 0 aliphatic heterocycles. The molecule has 0 atom stereocenters. The van der Waals surface area contributed by atoms with Crippen molar-refractivity contribution in [3.05, 3.63) is 36.4 Å². The molecule has 5 heteroatoms. The van der Waals surface area contributed by atoms with Gasteiger partial charge in [0, 0.05) is 6.07 Å². The lowest BCUT2D eigenvalue weighted by atomic mass is 10.1. The fourth-order valence-corrected chi connectivity index (χ4v) is 4.15. The maximum Gasteiger partial charge on any atom is 0.162 e. The normalized spacial score (nSPS) is 11.1. The van der Waals surface area contributed by atoms with Crippen molar-refractivity contribution in [3.63, 3.8) is 0 Å². The Morgan fingerprint density at radius 1 is 0.600 bits per heavy atom. The van der Waals surface area contributed by atoms with Gasteiger partial charge >= 0.3 is 0 Å². The minimum absolute atomic E-state index is 0.358. The fourth-order valence-electron chi connectivity index (χ4n) is 4.15. The van der Waals surface area contributed by atoms with Gasteiger partial charge in [-0.25, -0.2) is 14.4 Å². The van der Waals surface area contributed by atoms with Crippen LogP contribution in [0.15, 0.2) is 30.6 Å². The van der Waals surface area contributed by atoms with Gasteiger partial charge in [0.1, 0.15) is 11.6 Å². The Labute approximate surface area is 213 Å². The molecule has 1 heterocycles. The molecule has 4 nitrogen and oxygen atoms in total. The molecule has 0 unspecified atom stereocenters.